The average Bonchev–Trinajstić information content (AvgIpc) is 2.94. The van der Waals surface area contributed by atoms with Gasteiger partial charge in [0.1, 0.15) is 5.76 Å². The van der Waals surface area contributed by atoms with Gasteiger partial charge >= 0.3 is 0 Å². The topological polar surface area (TPSA) is 67.2 Å². The average molecular weight is 273 g/mol. The fourth-order valence-electron chi connectivity index (χ4n) is 1.79. The van der Waals surface area contributed by atoms with Crippen molar-refractivity contribution in [2.24, 2.45) is 0 Å². The molecule has 5 nitrogen and oxygen atoms in total. The molecule has 0 spiro atoms. The summed E-state index contributed by atoms with van der Waals surface area (Å²) < 4.78 is 5.43. The lowest BCUT2D eigenvalue weighted by atomic mass is 10.2. The van der Waals surface area contributed by atoms with Crippen molar-refractivity contribution in [3.8, 4) is 0 Å². The summed E-state index contributed by atoms with van der Waals surface area (Å²) in [6.45, 7) is 5.18. The molecule has 1 heterocycles. The third-order valence-electron chi connectivity index (χ3n) is 2.88. The molecule has 1 amide bonds. The highest BCUT2D eigenvalue weighted by Gasteiger charge is 2.07. The maximum atomic E-state index is 12.0. The lowest BCUT2D eigenvalue weighted by molar-refractivity contribution is 0.0947. The van der Waals surface area contributed by atoms with E-state index in [0.29, 0.717) is 18.0 Å². The molecule has 20 heavy (non-hydrogen) atoms. The van der Waals surface area contributed by atoms with Gasteiger partial charge in [-0.25, -0.2) is 4.98 Å². The van der Waals surface area contributed by atoms with E-state index in [2.05, 4.69) is 15.6 Å². The minimum absolute atomic E-state index is 0.135. The second kappa shape index (κ2) is 6.75. The zero-order valence-corrected chi connectivity index (χ0v) is 11.8. The molecule has 0 fully saturated rings. The van der Waals surface area contributed by atoms with Gasteiger partial charge in [-0.1, -0.05) is 6.92 Å². The van der Waals surface area contributed by atoms with Crippen molar-refractivity contribution in [2.75, 3.05) is 11.9 Å². The maximum Gasteiger partial charge on any atom is 0.251 e. The molecule has 0 bridgehead atoms. The Morgan fingerprint density at radius 3 is 2.60 bits per heavy atom. The zero-order chi connectivity index (χ0) is 14.4. The Kier molecular flexibility index (Phi) is 4.76. The Morgan fingerprint density at radius 1 is 1.25 bits per heavy atom. The number of oxazole rings is 1. The number of hydrogen-bond acceptors (Lipinski definition) is 4. The van der Waals surface area contributed by atoms with Crippen LogP contribution in [0.3, 0.4) is 0 Å². The first-order valence-corrected chi connectivity index (χ1v) is 6.78. The predicted molar refractivity (Wildman–Crippen MR) is 77.7 cm³/mol. The minimum Gasteiger partial charge on any atom is -0.444 e. The van der Waals surface area contributed by atoms with Crippen molar-refractivity contribution in [3.63, 3.8) is 0 Å². The van der Waals surface area contributed by atoms with Crippen LogP contribution in [0, 0.1) is 0 Å². The lowest BCUT2D eigenvalue weighted by Crippen LogP contribution is -2.22. The van der Waals surface area contributed by atoms with Crippen LogP contribution in [-0.4, -0.2) is 17.4 Å². The molecule has 0 aliphatic carbocycles. The first-order valence-electron chi connectivity index (χ1n) is 6.78. The number of aromatic nitrogens is 1. The molecule has 1 aromatic carbocycles. The number of amides is 1. The van der Waals surface area contributed by atoms with E-state index in [1.807, 2.05) is 26.0 Å². The Morgan fingerprint density at radius 2 is 2.00 bits per heavy atom. The van der Waals surface area contributed by atoms with Crippen LogP contribution in [-0.2, 0) is 13.0 Å². The number of nitrogens with zero attached hydrogens (tertiary/aromatic N) is 1. The lowest BCUT2D eigenvalue weighted by Gasteiger charge is -2.05. The largest absolute Gasteiger partial charge is 0.444 e. The third-order valence-corrected chi connectivity index (χ3v) is 2.88. The van der Waals surface area contributed by atoms with Crippen LogP contribution in [0.15, 0.2) is 34.9 Å². The SMILES string of the molecule is CCNc1ccc(C(=O)NCc2ncc(CC)o2)cc1. The fourth-order valence-corrected chi connectivity index (χ4v) is 1.79. The van der Waals surface area contributed by atoms with Crippen molar-refractivity contribution in [1.82, 2.24) is 10.3 Å². The highest BCUT2D eigenvalue weighted by atomic mass is 16.4. The van der Waals surface area contributed by atoms with E-state index in [9.17, 15) is 4.79 Å². The second-order valence-electron chi connectivity index (χ2n) is 4.36. The van der Waals surface area contributed by atoms with Gasteiger partial charge in [0, 0.05) is 24.2 Å². The van der Waals surface area contributed by atoms with E-state index in [1.165, 1.54) is 0 Å². The molecule has 0 unspecified atom stereocenters. The van der Waals surface area contributed by atoms with E-state index in [0.717, 1.165) is 24.4 Å². The molecule has 0 radical (unpaired) electrons. The van der Waals surface area contributed by atoms with Gasteiger partial charge in [0.2, 0.25) is 5.89 Å². The second-order valence-corrected chi connectivity index (χ2v) is 4.36. The highest BCUT2D eigenvalue weighted by Crippen LogP contribution is 2.09. The first kappa shape index (κ1) is 14.1. The molecule has 0 atom stereocenters. The van der Waals surface area contributed by atoms with Gasteiger partial charge in [-0.15, -0.1) is 0 Å². The number of aryl methyl sites for hydroxylation is 1. The summed E-state index contributed by atoms with van der Waals surface area (Å²) in [5.74, 6) is 1.22. The molecule has 0 saturated carbocycles. The van der Waals surface area contributed by atoms with Gasteiger partial charge in [-0.3, -0.25) is 4.79 Å². The van der Waals surface area contributed by atoms with Crippen molar-refractivity contribution >= 4 is 11.6 Å². The third kappa shape index (κ3) is 3.60. The van der Waals surface area contributed by atoms with E-state index in [4.69, 9.17) is 4.42 Å². The van der Waals surface area contributed by atoms with Crippen LogP contribution in [0.5, 0.6) is 0 Å². The number of carbonyl (C=O) groups excluding carboxylic acids is 1. The summed E-state index contributed by atoms with van der Waals surface area (Å²) in [5.41, 5.74) is 1.62. The summed E-state index contributed by atoms with van der Waals surface area (Å²) in [7, 11) is 0. The standard InChI is InChI=1S/C15H19N3O2/c1-3-13-9-17-14(20-13)10-18-15(19)11-5-7-12(8-6-11)16-4-2/h5-9,16H,3-4,10H2,1-2H3,(H,18,19). The summed E-state index contributed by atoms with van der Waals surface area (Å²) >= 11 is 0. The summed E-state index contributed by atoms with van der Waals surface area (Å²) in [6.07, 6.45) is 2.49. The van der Waals surface area contributed by atoms with E-state index >= 15 is 0 Å². The molecule has 0 aliphatic rings. The number of nitrogens with one attached hydrogen (secondary N) is 2. The van der Waals surface area contributed by atoms with Crippen LogP contribution in [0.4, 0.5) is 5.69 Å². The number of anilines is 1. The molecular weight excluding hydrogens is 254 g/mol. The Hall–Kier alpha value is -2.30. The highest BCUT2D eigenvalue weighted by molar-refractivity contribution is 5.94. The Bertz CT molecular complexity index is 561. The normalized spacial score (nSPS) is 10.3. The maximum absolute atomic E-state index is 12.0. The van der Waals surface area contributed by atoms with E-state index < -0.39 is 0 Å². The van der Waals surface area contributed by atoms with E-state index in [-0.39, 0.29) is 5.91 Å². The molecular formula is C15H19N3O2. The molecule has 1 aromatic heterocycles. The van der Waals surface area contributed by atoms with Gasteiger partial charge in [-0.05, 0) is 31.2 Å². The Labute approximate surface area is 118 Å². The quantitative estimate of drug-likeness (QED) is 0.849. The molecule has 0 saturated heterocycles. The summed E-state index contributed by atoms with van der Waals surface area (Å²) in [4.78, 5) is 16.1. The minimum atomic E-state index is -0.135. The van der Waals surface area contributed by atoms with Gasteiger partial charge in [0.05, 0.1) is 12.7 Å². The van der Waals surface area contributed by atoms with Crippen molar-refractivity contribution < 1.29 is 9.21 Å². The molecule has 106 valence electrons. The molecule has 2 rings (SSSR count). The van der Waals surface area contributed by atoms with Gasteiger partial charge in [0.15, 0.2) is 0 Å². The van der Waals surface area contributed by atoms with Crippen molar-refractivity contribution in [2.45, 2.75) is 26.8 Å². The number of rotatable bonds is 6. The van der Waals surface area contributed by atoms with E-state index in [1.54, 1.807) is 18.3 Å². The van der Waals surface area contributed by atoms with Gasteiger partial charge in [0.25, 0.3) is 5.91 Å². The van der Waals surface area contributed by atoms with Crippen LogP contribution >= 0.6 is 0 Å². The smallest absolute Gasteiger partial charge is 0.251 e. The molecule has 2 N–H and O–H groups in total. The zero-order valence-electron chi connectivity index (χ0n) is 11.8. The summed E-state index contributed by atoms with van der Waals surface area (Å²) in [6, 6.07) is 7.36. The molecule has 0 aliphatic heterocycles. The number of hydrogen-bond donors (Lipinski definition) is 2. The molecule has 5 heteroatoms. The van der Waals surface area contributed by atoms with Crippen molar-refractivity contribution in [1.29, 1.82) is 0 Å². The van der Waals surface area contributed by atoms with Crippen molar-refractivity contribution in [3.05, 3.63) is 47.7 Å². The van der Waals surface area contributed by atoms with Crippen LogP contribution in [0.1, 0.15) is 35.9 Å². The molecule has 2 aromatic rings. The van der Waals surface area contributed by atoms with Gasteiger partial charge in [-0.2, -0.15) is 0 Å². The fraction of sp³-hybridized carbons (Fsp3) is 0.333. The monoisotopic (exact) mass is 273 g/mol. The predicted octanol–water partition coefficient (Wildman–Crippen LogP) is 2.60. The van der Waals surface area contributed by atoms with Crippen LogP contribution in [0.25, 0.3) is 0 Å². The van der Waals surface area contributed by atoms with Gasteiger partial charge < -0.3 is 15.1 Å². The van der Waals surface area contributed by atoms with Crippen LogP contribution in [0.2, 0.25) is 0 Å². The summed E-state index contributed by atoms with van der Waals surface area (Å²) in [5, 5.41) is 5.97. The Balaban J connectivity index is 1.90. The number of benzene rings is 1. The first-order chi connectivity index (χ1) is 9.72. The number of carbonyl (C=O) groups is 1. The van der Waals surface area contributed by atoms with Crippen LogP contribution < -0.4 is 10.6 Å².